The van der Waals surface area contributed by atoms with Gasteiger partial charge in [-0.2, -0.15) is 0 Å². The number of rotatable bonds is 6. The Kier molecular flexibility index (Phi) is 5.16. The lowest BCUT2D eigenvalue weighted by Gasteiger charge is -2.19. The van der Waals surface area contributed by atoms with Crippen LogP contribution in [-0.4, -0.2) is 40.0 Å². The van der Waals surface area contributed by atoms with Crippen molar-refractivity contribution < 1.29 is 8.42 Å². The molecule has 1 rings (SSSR count). The lowest BCUT2D eigenvalue weighted by molar-refractivity contribution is 0.390. The Bertz CT molecular complexity index is 529. The van der Waals surface area contributed by atoms with Gasteiger partial charge in [0.15, 0.2) is 0 Å². The smallest absolute Gasteiger partial charge is 0.240 e. The van der Waals surface area contributed by atoms with Gasteiger partial charge in [-0.25, -0.2) is 13.6 Å². The molecular formula is C12H22N4O2S. The number of primary sulfonamides is 1. The summed E-state index contributed by atoms with van der Waals surface area (Å²) in [5.41, 5.74) is 6.46. The van der Waals surface area contributed by atoms with Crippen LogP contribution in [0, 0.1) is 0 Å². The van der Waals surface area contributed by atoms with Gasteiger partial charge in [0.2, 0.25) is 10.0 Å². The largest absolute Gasteiger partial charge is 0.399 e. The number of nitrogen functional groups attached to an aromatic ring is 1. The zero-order valence-corrected chi connectivity index (χ0v) is 12.4. The lowest BCUT2D eigenvalue weighted by Crippen LogP contribution is -2.24. The number of sulfonamides is 1. The molecule has 0 amide bonds. The standard InChI is InChI=1S/C12H22N4O2S/c1-9(6-7-16(2)3)15-11-5-4-10(13)8-12(11)19(14,17)18/h4-5,8-9,15H,6-7,13H2,1-3H3,(H2,14,17,18). The molecule has 1 atom stereocenters. The van der Waals surface area contributed by atoms with E-state index in [0.29, 0.717) is 11.4 Å². The highest BCUT2D eigenvalue weighted by Crippen LogP contribution is 2.23. The van der Waals surface area contributed by atoms with Crippen molar-refractivity contribution in [1.29, 1.82) is 0 Å². The summed E-state index contributed by atoms with van der Waals surface area (Å²) in [5.74, 6) is 0. The predicted octanol–water partition coefficient (Wildman–Crippen LogP) is 0.668. The van der Waals surface area contributed by atoms with E-state index in [1.807, 2.05) is 21.0 Å². The van der Waals surface area contributed by atoms with Crippen LogP contribution < -0.4 is 16.2 Å². The van der Waals surface area contributed by atoms with Crippen LogP contribution in [0.25, 0.3) is 0 Å². The van der Waals surface area contributed by atoms with E-state index in [0.717, 1.165) is 13.0 Å². The highest BCUT2D eigenvalue weighted by Gasteiger charge is 2.15. The van der Waals surface area contributed by atoms with Crippen molar-refractivity contribution >= 4 is 21.4 Å². The average molecular weight is 286 g/mol. The van der Waals surface area contributed by atoms with Crippen molar-refractivity contribution in [1.82, 2.24) is 4.90 Å². The van der Waals surface area contributed by atoms with Crippen molar-refractivity contribution in [2.45, 2.75) is 24.3 Å². The minimum absolute atomic E-state index is 0.0317. The Hall–Kier alpha value is -1.31. The molecule has 0 radical (unpaired) electrons. The molecule has 0 heterocycles. The zero-order valence-electron chi connectivity index (χ0n) is 11.6. The SMILES string of the molecule is CC(CCN(C)C)Nc1ccc(N)cc1S(N)(=O)=O. The van der Waals surface area contributed by atoms with Crippen LogP contribution in [0.4, 0.5) is 11.4 Å². The van der Waals surface area contributed by atoms with Gasteiger partial charge in [0.05, 0.1) is 5.69 Å². The third kappa shape index (κ3) is 5.06. The van der Waals surface area contributed by atoms with Gasteiger partial charge in [0.1, 0.15) is 4.90 Å². The third-order valence-electron chi connectivity index (χ3n) is 2.72. The van der Waals surface area contributed by atoms with Gasteiger partial charge in [-0.05, 0) is 52.2 Å². The molecule has 0 bridgehead atoms. The minimum Gasteiger partial charge on any atom is -0.399 e. The van der Waals surface area contributed by atoms with Gasteiger partial charge < -0.3 is 16.0 Å². The van der Waals surface area contributed by atoms with Gasteiger partial charge >= 0.3 is 0 Å². The molecule has 0 aliphatic heterocycles. The summed E-state index contributed by atoms with van der Waals surface area (Å²) in [6.07, 6.45) is 0.890. The summed E-state index contributed by atoms with van der Waals surface area (Å²) < 4.78 is 23.1. The fraction of sp³-hybridized carbons (Fsp3) is 0.500. The van der Waals surface area contributed by atoms with Crippen molar-refractivity contribution in [3.05, 3.63) is 18.2 Å². The van der Waals surface area contributed by atoms with Crippen LogP contribution in [-0.2, 0) is 10.0 Å². The first-order valence-electron chi connectivity index (χ1n) is 6.03. The number of hydrogen-bond acceptors (Lipinski definition) is 5. The maximum absolute atomic E-state index is 11.5. The van der Waals surface area contributed by atoms with Crippen LogP contribution >= 0.6 is 0 Å². The Balaban J connectivity index is 2.89. The molecule has 5 N–H and O–H groups in total. The topological polar surface area (TPSA) is 101 Å². The van der Waals surface area contributed by atoms with E-state index in [1.54, 1.807) is 12.1 Å². The van der Waals surface area contributed by atoms with E-state index in [9.17, 15) is 8.42 Å². The number of nitrogens with zero attached hydrogens (tertiary/aromatic N) is 1. The maximum atomic E-state index is 11.5. The normalized spacial score (nSPS) is 13.5. The van der Waals surface area contributed by atoms with Crippen LogP contribution in [0.3, 0.4) is 0 Å². The molecule has 0 fully saturated rings. The van der Waals surface area contributed by atoms with E-state index in [4.69, 9.17) is 10.9 Å². The maximum Gasteiger partial charge on any atom is 0.240 e. The van der Waals surface area contributed by atoms with Crippen molar-refractivity contribution in [2.75, 3.05) is 31.7 Å². The zero-order chi connectivity index (χ0) is 14.6. The van der Waals surface area contributed by atoms with Crippen LogP contribution in [0.2, 0.25) is 0 Å². The molecule has 1 aromatic rings. The Morgan fingerprint density at radius 1 is 1.37 bits per heavy atom. The predicted molar refractivity (Wildman–Crippen MR) is 78.5 cm³/mol. The molecule has 1 unspecified atom stereocenters. The molecule has 0 aromatic heterocycles. The molecule has 7 heteroatoms. The lowest BCUT2D eigenvalue weighted by atomic mass is 10.2. The van der Waals surface area contributed by atoms with Crippen LogP contribution in [0.5, 0.6) is 0 Å². The van der Waals surface area contributed by atoms with E-state index in [-0.39, 0.29) is 10.9 Å². The first-order valence-corrected chi connectivity index (χ1v) is 7.58. The van der Waals surface area contributed by atoms with Crippen LogP contribution in [0.15, 0.2) is 23.1 Å². The molecule has 0 saturated carbocycles. The van der Waals surface area contributed by atoms with Gasteiger partial charge in [-0.1, -0.05) is 0 Å². The van der Waals surface area contributed by atoms with Crippen molar-refractivity contribution in [3.8, 4) is 0 Å². The fourth-order valence-corrected chi connectivity index (χ4v) is 2.42. The summed E-state index contributed by atoms with van der Waals surface area (Å²) in [4.78, 5) is 2.10. The summed E-state index contributed by atoms with van der Waals surface area (Å²) in [6, 6.07) is 4.79. The summed E-state index contributed by atoms with van der Waals surface area (Å²) in [7, 11) is 0.198. The molecule has 108 valence electrons. The summed E-state index contributed by atoms with van der Waals surface area (Å²) in [6.45, 7) is 2.90. The Morgan fingerprint density at radius 3 is 2.53 bits per heavy atom. The second-order valence-corrected chi connectivity index (χ2v) is 6.47. The quantitative estimate of drug-likeness (QED) is 0.667. The minimum atomic E-state index is -3.79. The second-order valence-electron chi connectivity index (χ2n) is 4.94. The summed E-state index contributed by atoms with van der Waals surface area (Å²) >= 11 is 0. The molecule has 19 heavy (non-hydrogen) atoms. The van der Waals surface area contributed by atoms with Crippen molar-refractivity contribution in [3.63, 3.8) is 0 Å². The van der Waals surface area contributed by atoms with Gasteiger partial charge in [0, 0.05) is 11.7 Å². The highest BCUT2D eigenvalue weighted by atomic mass is 32.2. The highest BCUT2D eigenvalue weighted by molar-refractivity contribution is 7.89. The van der Waals surface area contributed by atoms with Crippen molar-refractivity contribution in [2.24, 2.45) is 5.14 Å². The fourth-order valence-electron chi connectivity index (χ4n) is 1.68. The van der Waals surface area contributed by atoms with E-state index in [1.165, 1.54) is 6.07 Å². The third-order valence-corrected chi connectivity index (χ3v) is 3.67. The second kappa shape index (κ2) is 6.23. The first-order chi connectivity index (χ1) is 8.70. The molecule has 0 aliphatic carbocycles. The molecule has 0 aliphatic rings. The number of anilines is 2. The van der Waals surface area contributed by atoms with E-state index < -0.39 is 10.0 Å². The van der Waals surface area contributed by atoms with Gasteiger partial charge in [-0.15, -0.1) is 0 Å². The monoisotopic (exact) mass is 286 g/mol. The number of hydrogen-bond donors (Lipinski definition) is 3. The Morgan fingerprint density at radius 2 is 2.00 bits per heavy atom. The molecule has 6 nitrogen and oxygen atoms in total. The Labute approximate surface area is 114 Å². The number of benzene rings is 1. The van der Waals surface area contributed by atoms with Crippen LogP contribution in [0.1, 0.15) is 13.3 Å². The molecule has 0 saturated heterocycles. The first kappa shape index (κ1) is 15.7. The molecular weight excluding hydrogens is 264 g/mol. The molecule has 0 spiro atoms. The summed E-state index contributed by atoms with van der Waals surface area (Å²) in [5, 5.41) is 8.35. The number of nitrogens with two attached hydrogens (primary N) is 2. The molecule has 1 aromatic carbocycles. The average Bonchev–Trinajstić information content (AvgIpc) is 2.27. The van der Waals surface area contributed by atoms with Gasteiger partial charge in [-0.3, -0.25) is 0 Å². The number of nitrogens with one attached hydrogen (secondary N) is 1. The van der Waals surface area contributed by atoms with E-state index >= 15 is 0 Å². The van der Waals surface area contributed by atoms with E-state index in [2.05, 4.69) is 10.2 Å². The van der Waals surface area contributed by atoms with Gasteiger partial charge in [0.25, 0.3) is 0 Å².